The molecule has 0 amide bonds. The molecule has 0 fully saturated rings. The quantitative estimate of drug-likeness (QED) is 0.741. The molecule has 0 bridgehead atoms. The second-order valence-corrected chi connectivity index (χ2v) is 4.47. The molecule has 0 saturated carbocycles. The Morgan fingerprint density at radius 1 is 1.12 bits per heavy atom. The molecule has 0 aliphatic rings. The van der Waals surface area contributed by atoms with Crippen LogP contribution in [-0.4, -0.2) is 5.78 Å². The van der Waals surface area contributed by atoms with Crippen LogP contribution in [0.15, 0.2) is 58.3 Å². The van der Waals surface area contributed by atoms with Gasteiger partial charge in [0.05, 0.1) is 0 Å². The summed E-state index contributed by atoms with van der Waals surface area (Å²) in [4.78, 5) is 13.4. The van der Waals surface area contributed by atoms with Crippen LogP contribution in [0.2, 0.25) is 0 Å². The minimum atomic E-state index is 0.0790. The SMILES string of the molecule is CC(=O)c1ccc[c]c1Sc1ccccc1. The van der Waals surface area contributed by atoms with E-state index in [-0.39, 0.29) is 5.78 Å². The Labute approximate surface area is 99.5 Å². The van der Waals surface area contributed by atoms with Gasteiger partial charge in [0.2, 0.25) is 0 Å². The monoisotopic (exact) mass is 227 g/mol. The summed E-state index contributed by atoms with van der Waals surface area (Å²) in [5.41, 5.74) is 0.733. The maximum Gasteiger partial charge on any atom is 0.160 e. The highest BCUT2D eigenvalue weighted by molar-refractivity contribution is 7.99. The van der Waals surface area contributed by atoms with Gasteiger partial charge in [0.25, 0.3) is 0 Å². The van der Waals surface area contributed by atoms with Crippen LogP contribution in [0, 0.1) is 6.07 Å². The number of benzene rings is 2. The van der Waals surface area contributed by atoms with E-state index in [1.165, 1.54) is 0 Å². The summed E-state index contributed by atoms with van der Waals surface area (Å²) in [5.74, 6) is 0.0790. The van der Waals surface area contributed by atoms with Crippen molar-refractivity contribution in [3.63, 3.8) is 0 Å². The first-order valence-corrected chi connectivity index (χ1v) is 5.83. The van der Waals surface area contributed by atoms with E-state index >= 15 is 0 Å². The van der Waals surface area contributed by atoms with Crippen LogP contribution in [0.3, 0.4) is 0 Å². The van der Waals surface area contributed by atoms with Crippen molar-refractivity contribution in [2.75, 3.05) is 0 Å². The summed E-state index contributed by atoms with van der Waals surface area (Å²) in [7, 11) is 0. The largest absolute Gasteiger partial charge is 0.294 e. The molecule has 16 heavy (non-hydrogen) atoms. The van der Waals surface area contributed by atoms with Gasteiger partial charge in [-0.3, -0.25) is 4.79 Å². The summed E-state index contributed by atoms with van der Waals surface area (Å²) < 4.78 is 0. The zero-order chi connectivity index (χ0) is 11.4. The Bertz CT molecular complexity index is 491. The van der Waals surface area contributed by atoms with E-state index in [0.717, 1.165) is 15.4 Å². The predicted molar refractivity (Wildman–Crippen MR) is 65.8 cm³/mol. The van der Waals surface area contributed by atoms with Crippen LogP contribution in [0.25, 0.3) is 0 Å². The molecule has 2 heteroatoms. The van der Waals surface area contributed by atoms with Crippen molar-refractivity contribution in [1.82, 2.24) is 0 Å². The van der Waals surface area contributed by atoms with Crippen LogP contribution in [-0.2, 0) is 0 Å². The molecule has 0 aromatic heterocycles. The lowest BCUT2D eigenvalue weighted by Gasteiger charge is -2.05. The van der Waals surface area contributed by atoms with Gasteiger partial charge in [0.1, 0.15) is 0 Å². The van der Waals surface area contributed by atoms with Crippen molar-refractivity contribution in [2.45, 2.75) is 16.7 Å². The number of carbonyl (C=O) groups excluding carboxylic acids is 1. The van der Waals surface area contributed by atoms with Gasteiger partial charge in [-0.25, -0.2) is 0 Å². The van der Waals surface area contributed by atoms with Gasteiger partial charge in [0, 0.05) is 15.4 Å². The normalized spacial score (nSPS) is 10.1. The van der Waals surface area contributed by atoms with Crippen molar-refractivity contribution in [3.8, 4) is 0 Å². The van der Waals surface area contributed by atoms with E-state index in [1.54, 1.807) is 18.7 Å². The molecule has 1 nitrogen and oxygen atoms in total. The van der Waals surface area contributed by atoms with E-state index in [0.29, 0.717) is 0 Å². The number of hydrogen-bond acceptors (Lipinski definition) is 2. The molecule has 0 spiro atoms. The van der Waals surface area contributed by atoms with Gasteiger partial charge < -0.3 is 0 Å². The molecular weight excluding hydrogens is 216 g/mol. The fourth-order valence-electron chi connectivity index (χ4n) is 1.39. The van der Waals surface area contributed by atoms with E-state index in [4.69, 9.17) is 0 Å². The number of rotatable bonds is 3. The zero-order valence-electron chi connectivity index (χ0n) is 8.94. The molecule has 0 aliphatic heterocycles. The Balaban J connectivity index is 2.31. The fraction of sp³-hybridized carbons (Fsp3) is 0.0714. The molecule has 2 rings (SSSR count). The van der Waals surface area contributed by atoms with Crippen molar-refractivity contribution in [3.05, 3.63) is 60.2 Å². The Morgan fingerprint density at radius 3 is 2.56 bits per heavy atom. The maximum atomic E-state index is 11.4. The third kappa shape index (κ3) is 2.52. The first-order chi connectivity index (χ1) is 7.77. The molecule has 0 atom stereocenters. The van der Waals surface area contributed by atoms with E-state index < -0.39 is 0 Å². The van der Waals surface area contributed by atoms with Gasteiger partial charge in [-0.05, 0) is 25.1 Å². The highest BCUT2D eigenvalue weighted by Gasteiger charge is 2.07. The third-order valence-corrected chi connectivity index (χ3v) is 3.21. The molecular formula is C14H11OS. The summed E-state index contributed by atoms with van der Waals surface area (Å²) in [6.07, 6.45) is 0. The van der Waals surface area contributed by atoms with Crippen LogP contribution in [0.4, 0.5) is 0 Å². The summed E-state index contributed by atoms with van der Waals surface area (Å²) >= 11 is 1.57. The summed E-state index contributed by atoms with van der Waals surface area (Å²) in [6.45, 7) is 1.58. The number of carbonyl (C=O) groups is 1. The lowest BCUT2D eigenvalue weighted by Crippen LogP contribution is -1.94. The minimum absolute atomic E-state index is 0.0790. The zero-order valence-corrected chi connectivity index (χ0v) is 9.75. The van der Waals surface area contributed by atoms with Gasteiger partial charge in [-0.2, -0.15) is 0 Å². The Hall–Kier alpha value is -1.54. The summed E-state index contributed by atoms with van der Waals surface area (Å²) in [6, 6.07) is 18.6. The number of ketones is 1. The average molecular weight is 227 g/mol. The van der Waals surface area contributed by atoms with Crippen molar-refractivity contribution >= 4 is 17.5 Å². The highest BCUT2D eigenvalue weighted by atomic mass is 32.2. The predicted octanol–water partition coefficient (Wildman–Crippen LogP) is 3.84. The van der Waals surface area contributed by atoms with Crippen LogP contribution in [0.5, 0.6) is 0 Å². The van der Waals surface area contributed by atoms with E-state index in [9.17, 15) is 4.79 Å². The Kier molecular flexibility index (Phi) is 3.42. The highest BCUT2D eigenvalue weighted by Crippen LogP contribution is 2.29. The molecule has 0 unspecified atom stereocenters. The molecule has 0 heterocycles. The lowest BCUT2D eigenvalue weighted by molar-refractivity contribution is 0.101. The second-order valence-electron chi connectivity index (χ2n) is 3.38. The molecule has 0 N–H and O–H groups in total. The molecule has 1 radical (unpaired) electrons. The van der Waals surface area contributed by atoms with Crippen molar-refractivity contribution < 1.29 is 4.79 Å². The molecule has 79 valence electrons. The second kappa shape index (κ2) is 4.99. The van der Waals surface area contributed by atoms with Gasteiger partial charge in [-0.15, -0.1) is 0 Å². The van der Waals surface area contributed by atoms with Crippen LogP contribution >= 0.6 is 11.8 Å². The molecule has 2 aromatic carbocycles. The molecule has 0 saturated heterocycles. The standard InChI is InChI=1S/C14H11OS/c1-11(15)13-9-5-6-10-14(13)16-12-7-3-2-4-8-12/h2-9H,1H3. The van der Waals surface area contributed by atoms with Gasteiger partial charge in [-0.1, -0.05) is 48.2 Å². The number of hydrogen-bond donors (Lipinski definition) is 0. The van der Waals surface area contributed by atoms with Crippen molar-refractivity contribution in [2.24, 2.45) is 0 Å². The topological polar surface area (TPSA) is 17.1 Å². The Morgan fingerprint density at radius 2 is 1.88 bits per heavy atom. The smallest absolute Gasteiger partial charge is 0.160 e. The first kappa shape index (κ1) is 11.0. The van der Waals surface area contributed by atoms with E-state index in [2.05, 4.69) is 6.07 Å². The van der Waals surface area contributed by atoms with E-state index in [1.807, 2.05) is 48.5 Å². The third-order valence-electron chi connectivity index (χ3n) is 2.16. The van der Waals surface area contributed by atoms with Crippen molar-refractivity contribution in [1.29, 1.82) is 0 Å². The van der Waals surface area contributed by atoms with Gasteiger partial charge >= 0.3 is 0 Å². The van der Waals surface area contributed by atoms with Gasteiger partial charge in [0.15, 0.2) is 5.78 Å². The maximum absolute atomic E-state index is 11.4. The van der Waals surface area contributed by atoms with Crippen LogP contribution in [0.1, 0.15) is 17.3 Å². The average Bonchev–Trinajstić information content (AvgIpc) is 2.31. The van der Waals surface area contributed by atoms with Crippen LogP contribution < -0.4 is 0 Å². The molecule has 2 aromatic rings. The molecule has 0 aliphatic carbocycles. The lowest BCUT2D eigenvalue weighted by atomic mass is 10.1. The fourth-order valence-corrected chi connectivity index (χ4v) is 2.37. The number of Topliss-reactive ketones (excluding diaryl/α,β-unsaturated/α-hetero) is 1. The first-order valence-electron chi connectivity index (χ1n) is 5.02. The summed E-state index contributed by atoms with van der Waals surface area (Å²) in [5, 5.41) is 0. The minimum Gasteiger partial charge on any atom is -0.294 e.